The van der Waals surface area contributed by atoms with Crippen LogP contribution >= 0.6 is 11.3 Å². The van der Waals surface area contributed by atoms with Gasteiger partial charge in [0.1, 0.15) is 34.7 Å². The number of para-hydroxylation sites is 1. The third-order valence-corrected chi connectivity index (χ3v) is 14.5. The van der Waals surface area contributed by atoms with Gasteiger partial charge in [-0.2, -0.15) is 0 Å². The van der Waals surface area contributed by atoms with Gasteiger partial charge >= 0.3 is 0 Å². The number of nitrogens with zero attached hydrogens (tertiary/aromatic N) is 9. The number of amides is 2. The van der Waals surface area contributed by atoms with E-state index < -0.39 is 18.1 Å². The van der Waals surface area contributed by atoms with E-state index in [9.17, 15) is 19.8 Å². The maximum absolute atomic E-state index is 14.4. The number of fused-ring (bicyclic) bond motifs is 1. The highest BCUT2D eigenvalue weighted by Gasteiger charge is 2.45. The van der Waals surface area contributed by atoms with Crippen LogP contribution in [0.4, 0.5) is 5.95 Å². The number of likely N-dealkylation sites (tertiary alicyclic amines) is 1. The van der Waals surface area contributed by atoms with Crippen LogP contribution in [0.5, 0.6) is 5.75 Å². The number of rotatable bonds is 12. The number of phenolic OH excluding ortho intramolecular Hbond substituents is 1. The molecule has 5 aromatic heterocycles. The highest BCUT2D eigenvalue weighted by atomic mass is 32.1. The van der Waals surface area contributed by atoms with Crippen LogP contribution in [0.2, 0.25) is 0 Å². The van der Waals surface area contributed by atoms with Crippen LogP contribution in [0, 0.1) is 12.8 Å². The number of β-amino-alcohol motifs (C(OH)–C–C–N with tert-alkyl or cyclic N) is 1. The summed E-state index contributed by atoms with van der Waals surface area (Å²) < 4.78 is 8.31. The van der Waals surface area contributed by atoms with E-state index in [-0.39, 0.29) is 53.9 Å². The monoisotopic (exact) mass is 892 g/mol. The van der Waals surface area contributed by atoms with E-state index in [1.165, 1.54) is 10.6 Å². The number of aliphatic hydroxyl groups excluding tert-OH is 1. The largest absolute Gasteiger partial charge is 0.507 e. The molecule has 1 aliphatic carbocycles. The number of thiazole rings is 1. The number of anilines is 1. The minimum Gasteiger partial charge on any atom is -0.507 e. The number of aryl methyl sites for hydroxylation is 1. The molecular weight excluding hydrogens is 841 g/mol. The van der Waals surface area contributed by atoms with E-state index >= 15 is 0 Å². The van der Waals surface area contributed by atoms with Crippen molar-refractivity contribution < 1.29 is 24.3 Å². The summed E-state index contributed by atoms with van der Waals surface area (Å²) in [6.07, 6.45) is 5.85. The Morgan fingerprint density at radius 3 is 2.42 bits per heavy atom. The number of hydrogen-bond acceptors (Lipinski definition) is 13. The standard InChI is InChI=1S/C49H52N10O5S/c1-27(2)44(47(63)58-25-34(60)18-41(58)46(62)53-28(3)30-10-12-31(13-11-30)45-29(4)52-26-65-45)43-21-36(56-64-43)33-22-50-48(51-23-33)57-17-14-32(24-57)39-20-38-40(59(39)49(5)15-16-49)19-37(54-55-38)35-8-6-7-9-42(35)61/h6-13,19-23,26-28,32,34,41,44,60-61H,14-18,24-25H2,1-5H3,(H,53,62)/t28-,32+,34+,41-,44+/m0/s1. The summed E-state index contributed by atoms with van der Waals surface area (Å²) >= 11 is 1.59. The van der Waals surface area contributed by atoms with Crippen molar-refractivity contribution in [2.75, 3.05) is 24.5 Å². The zero-order valence-electron chi connectivity index (χ0n) is 37.0. The Morgan fingerprint density at radius 1 is 0.938 bits per heavy atom. The molecule has 2 aromatic carbocycles. The first-order valence-electron chi connectivity index (χ1n) is 22.4. The lowest BCUT2D eigenvalue weighted by Gasteiger charge is -2.29. The third kappa shape index (κ3) is 8.03. The number of aliphatic hydroxyl groups is 1. The summed E-state index contributed by atoms with van der Waals surface area (Å²) in [5.74, 6) is -0.168. The fourth-order valence-electron chi connectivity index (χ4n) is 9.63. The van der Waals surface area contributed by atoms with E-state index in [1.54, 1.807) is 41.9 Å². The number of hydrogen-bond donors (Lipinski definition) is 3. The molecule has 5 atom stereocenters. The Hall–Kier alpha value is -6.52. The molecule has 0 spiro atoms. The molecule has 3 fully saturated rings. The van der Waals surface area contributed by atoms with Crippen molar-refractivity contribution >= 4 is 40.1 Å². The predicted octanol–water partition coefficient (Wildman–Crippen LogP) is 7.76. The molecule has 65 heavy (non-hydrogen) atoms. The van der Waals surface area contributed by atoms with Gasteiger partial charge in [-0.3, -0.25) is 9.59 Å². The molecule has 0 unspecified atom stereocenters. The first kappa shape index (κ1) is 42.4. The number of phenols is 1. The number of carbonyl (C=O) groups is 2. The van der Waals surface area contributed by atoms with Crippen LogP contribution in [0.3, 0.4) is 0 Å². The second kappa shape index (κ2) is 16.8. The van der Waals surface area contributed by atoms with Crippen molar-refractivity contribution in [1.82, 2.24) is 45.1 Å². The number of carbonyl (C=O) groups excluding carboxylic acids is 2. The van der Waals surface area contributed by atoms with Crippen LogP contribution in [-0.2, 0) is 15.1 Å². The van der Waals surface area contributed by atoms with Crippen LogP contribution in [0.25, 0.3) is 44.0 Å². The second-order valence-electron chi connectivity index (χ2n) is 18.5. The van der Waals surface area contributed by atoms with Crippen molar-refractivity contribution in [2.45, 2.75) is 95.9 Å². The number of benzene rings is 2. The topological polar surface area (TPSA) is 189 Å². The summed E-state index contributed by atoms with van der Waals surface area (Å²) in [6, 6.07) is 20.1. The summed E-state index contributed by atoms with van der Waals surface area (Å²) in [5.41, 5.74) is 10.3. The van der Waals surface area contributed by atoms with Crippen molar-refractivity contribution in [3.63, 3.8) is 0 Å². The number of aromatic hydroxyl groups is 1. The molecule has 7 heterocycles. The van der Waals surface area contributed by atoms with Crippen LogP contribution < -0.4 is 10.2 Å². The van der Waals surface area contributed by atoms with E-state index in [4.69, 9.17) is 14.5 Å². The minimum absolute atomic E-state index is 0.00144. The molecule has 2 saturated heterocycles. The summed E-state index contributed by atoms with van der Waals surface area (Å²) in [7, 11) is 0. The average Bonchev–Trinajstić information content (AvgIpc) is 3.96. The molecule has 3 aliphatic rings. The molecule has 16 heteroatoms. The molecule has 7 aromatic rings. The molecule has 10 rings (SSSR count). The molecule has 3 N–H and O–H groups in total. The zero-order chi connectivity index (χ0) is 45.1. The normalized spacial score (nSPS) is 20.1. The van der Waals surface area contributed by atoms with Gasteiger partial charge in [-0.25, -0.2) is 15.0 Å². The van der Waals surface area contributed by atoms with E-state index in [0.717, 1.165) is 65.1 Å². The molecule has 0 radical (unpaired) electrons. The lowest BCUT2D eigenvalue weighted by atomic mass is 9.91. The Morgan fingerprint density at radius 2 is 1.71 bits per heavy atom. The molecule has 1 saturated carbocycles. The Labute approximate surface area is 380 Å². The Kier molecular flexibility index (Phi) is 11.0. The summed E-state index contributed by atoms with van der Waals surface area (Å²) in [6.45, 7) is 11.6. The van der Waals surface area contributed by atoms with Crippen LogP contribution in [0.1, 0.15) is 94.0 Å². The molecule has 15 nitrogen and oxygen atoms in total. The first-order chi connectivity index (χ1) is 31.3. The fraction of sp³-hybridized carbons (Fsp3) is 0.388. The van der Waals surface area contributed by atoms with E-state index in [1.807, 2.05) is 69.6 Å². The Balaban J connectivity index is 0.814. The van der Waals surface area contributed by atoms with Crippen molar-refractivity contribution in [2.24, 2.45) is 5.92 Å². The summed E-state index contributed by atoms with van der Waals surface area (Å²) in [4.78, 5) is 46.8. The first-order valence-corrected chi connectivity index (χ1v) is 23.2. The smallest absolute Gasteiger partial charge is 0.243 e. The average molecular weight is 893 g/mol. The highest BCUT2D eigenvalue weighted by molar-refractivity contribution is 7.13. The number of nitrogens with one attached hydrogen (secondary N) is 1. The Bertz CT molecular complexity index is 2890. The molecular formula is C49H52N10O5S. The second-order valence-corrected chi connectivity index (χ2v) is 19.3. The van der Waals surface area contributed by atoms with Gasteiger partial charge in [-0.05, 0) is 81.3 Å². The van der Waals surface area contributed by atoms with E-state index in [2.05, 4.69) is 54.2 Å². The van der Waals surface area contributed by atoms with Gasteiger partial charge in [-0.15, -0.1) is 21.5 Å². The molecule has 334 valence electrons. The third-order valence-electron chi connectivity index (χ3n) is 13.5. The van der Waals surface area contributed by atoms with Crippen molar-refractivity contribution in [1.29, 1.82) is 0 Å². The molecule has 2 amide bonds. The molecule has 2 aliphatic heterocycles. The zero-order valence-corrected chi connectivity index (χ0v) is 37.9. The van der Waals surface area contributed by atoms with Gasteiger partial charge in [-0.1, -0.05) is 55.4 Å². The van der Waals surface area contributed by atoms with Gasteiger partial charge in [0.15, 0.2) is 0 Å². The van der Waals surface area contributed by atoms with Gasteiger partial charge < -0.3 is 34.4 Å². The fourth-order valence-corrected chi connectivity index (χ4v) is 10.4. The quantitative estimate of drug-likeness (QED) is 0.108. The number of aromatic nitrogens is 7. The van der Waals surface area contributed by atoms with E-state index in [0.29, 0.717) is 34.2 Å². The van der Waals surface area contributed by atoms with Crippen LogP contribution in [0.15, 0.2) is 89.2 Å². The highest BCUT2D eigenvalue weighted by Crippen LogP contribution is 2.48. The maximum Gasteiger partial charge on any atom is 0.243 e. The van der Waals surface area contributed by atoms with Crippen LogP contribution in [-0.4, -0.2) is 93.6 Å². The van der Waals surface area contributed by atoms with Gasteiger partial charge in [0.25, 0.3) is 0 Å². The van der Waals surface area contributed by atoms with Crippen molar-refractivity contribution in [3.8, 4) is 38.7 Å². The molecule has 0 bridgehead atoms. The van der Waals surface area contributed by atoms with Gasteiger partial charge in [0.05, 0.1) is 39.4 Å². The lowest BCUT2D eigenvalue weighted by molar-refractivity contribution is -0.141. The maximum atomic E-state index is 14.4. The lowest BCUT2D eigenvalue weighted by Crippen LogP contribution is -2.48. The predicted molar refractivity (Wildman–Crippen MR) is 247 cm³/mol. The minimum atomic E-state index is -0.842. The van der Waals surface area contributed by atoms with Gasteiger partial charge in [0.2, 0.25) is 17.8 Å². The van der Waals surface area contributed by atoms with Gasteiger partial charge in [0, 0.05) is 72.8 Å². The SMILES string of the molecule is Cc1ncsc1-c1ccc([C@H](C)NC(=O)[C@@H]2C[C@@H](O)CN2C(=O)[C@@H](c2cc(-c3cnc(N4CC[C@@H](c5cc6nnc(-c7ccccc7O)cc6n5C5(C)CC5)C4)nc3)no2)C(C)C)cc1. The summed E-state index contributed by atoms with van der Waals surface area (Å²) in [5, 5.41) is 37.8. The van der Waals surface area contributed by atoms with Crippen molar-refractivity contribution in [3.05, 3.63) is 107 Å².